The molecule has 0 radical (unpaired) electrons. The van der Waals surface area contributed by atoms with E-state index in [9.17, 15) is 9.90 Å². The van der Waals surface area contributed by atoms with Crippen molar-refractivity contribution in [3.8, 4) is 17.2 Å². The zero-order chi connectivity index (χ0) is 19.5. The number of benzene rings is 1. The number of aliphatic hydroxyl groups excluding tert-OH is 1. The first kappa shape index (κ1) is 18.2. The molecule has 0 aliphatic heterocycles. The number of aromatic nitrogens is 2. The van der Waals surface area contributed by atoms with Crippen LogP contribution in [0.1, 0.15) is 34.9 Å². The monoisotopic (exact) mass is 379 g/mol. The summed E-state index contributed by atoms with van der Waals surface area (Å²) in [5.74, 6) is 0.849. The quantitative estimate of drug-likeness (QED) is 0.683. The molecule has 2 N–H and O–H groups in total. The first-order chi connectivity index (χ1) is 13.6. The maximum atomic E-state index is 12.8. The van der Waals surface area contributed by atoms with Crippen molar-refractivity contribution in [2.45, 2.75) is 25.0 Å². The van der Waals surface area contributed by atoms with E-state index in [-0.39, 0.29) is 29.7 Å². The standard InChI is InChI=1S/C21H21N3O4/c1-27-19-8-7-14(12-22-19)20(15-9-16(25)10-15)23-21(26)17-11-18(28-24-17)13-5-3-2-4-6-13/h2-8,11-12,15-16,20,25H,9-10H2,1H3,(H,23,26). The molecule has 1 unspecified atom stereocenters. The Morgan fingerprint density at radius 2 is 2.04 bits per heavy atom. The van der Waals surface area contributed by atoms with Gasteiger partial charge in [0.2, 0.25) is 5.88 Å². The van der Waals surface area contributed by atoms with Gasteiger partial charge in [0.15, 0.2) is 11.5 Å². The van der Waals surface area contributed by atoms with Crippen LogP contribution in [0.15, 0.2) is 59.3 Å². The number of aliphatic hydroxyl groups is 1. The van der Waals surface area contributed by atoms with Crippen LogP contribution in [0, 0.1) is 5.92 Å². The highest BCUT2D eigenvalue weighted by Crippen LogP contribution is 2.38. The first-order valence-corrected chi connectivity index (χ1v) is 9.15. The lowest BCUT2D eigenvalue weighted by Gasteiger charge is -2.38. The number of rotatable bonds is 6. The largest absolute Gasteiger partial charge is 0.481 e. The van der Waals surface area contributed by atoms with Gasteiger partial charge in [0.05, 0.1) is 19.3 Å². The summed E-state index contributed by atoms with van der Waals surface area (Å²) in [7, 11) is 1.55. The van der Waals surface area contributed by atoms with Crippen molar-refractivity contribution in [1.82, 2.24) is 15.5 Å². The third-order valence-corrected chi connectivity index (χ3v) is 5.04. The maximum absolute atomic E-state index is 12.8. The second kappa shape index (κ2) is 7.82. The Morgan fingerprint density at radius 1 is 1.25 bits per heavy atom. The fourth-order valence-corrected chi connectivity index (χ4v) is 3.41. The molecular formula is C21H21N3O4. The number of amides is 1. The van der Waals surface area contributed by atoms with E-state index in [1.165, 1.54) is 0 Å². The van der Waals surface area contributed by atoms with Crippen molar-refractivity contribution in [3.05, 3.63) is 66.0 Å². The molecule has 0 spiro atoms. The molecule has 144 valence electrons. The minimum Gasteiger partial charge on any atom is -0.481 e. The number of nitrogens with zero attached hydrogens (tertiary/aromatic N) is 2. The molecule has 2 aromatic heterocycles. The summed E-state index contributed by atoms with van der Waals surface area (Å²) in [5.41, 5.74) is 1.93. The Morgan fingerprint density at radius 3 is 2.68 bits per heavy atom. The summed E-state index contributed by atoms with van der Waals surface area (Å²) in [4.78, 5) is 17.0. The van der Waals surface area contributed by atoms with E-state index in [1.54, 1.807) is 25.4 Å². The number of carbonyl (C=O) groups is 1. The summed E-state index contributed by atoms with van der Waals surface area (Å²) in [6, 6.07) is 14.5. The molecule has 1 fully saturated rings. The Balaban J connectivity index is 1.53. The zero-order valence-corrected chi connectivity index (χ0v) is 15.4. The molecule has 1 aliphatic rings. The van der Waals surface area contributed by atoms with Crippen LogP contribution < -0.4 is 10.1 Å². The number of hydrogen-bond donors (Lipinski definition) is 2. The summed E-state index contributed by atoms with van der Waals surface area (Å²) in [6.07, 6.45) is 2.62. The molecule has 1 amide bonds. The average molecular weight is 379 g/mol. The van der Waals surface area contributed by atoms with Gasteiger partial charge in [0.25, 0.3) is 5.91 Å². The van der Waals surface area contributed by atoms with Crippen LogP contribution in [-0.4, -0.2) is 34.4 Å². The SMILES string of the molecule is COc1ccc(C(NC(=O)c2cc(-c3ccccc3)on2)C2CC(O)C2)cn1. The molecule has 1 saturated carbocycles. The topological polar surface area (TPSA) is 97.5 Å². The summed E-state index contributed by atoms with van der Waals surface area (Å²) in [6.45, 7) is 0. The van der Waals surface area contributed by atoms with Gasteiger partial charge in [0.1, 0.15) is 0 Å². The van der Waals surface area contributed by atoms with E-state index in [0.717, 1.165) is 11.1 Å². The third kappa shape index (κ3) is 3.75. The normalized spacial score (nSPS) is 19.5. The third-order valence-electron chi connectivity index (χ3n) is 5.04. The van der Waals surface area contributed by atoms with Gasteiger partial charge in [-0.2, -0.15) is 0 Å². The lowest BCUT2D eigenvalue weighted by Crippen LogP contribution is -2.41. The van der Waals surface area contributed by atoms with E-state index in [0.29, 0.717) is 24.5 Å². The van der Waals surface area contributed by atoms with Crippen molar-refractivity contribution in [2.75, 3.05) is 7.11 Å². The summed E-state index contributed by atoms with van der Waals surface area (Å²) in [5, 5.41) is 16.6. The highest BCUT2D eigenvalue weighted by molar-refractivity contribution is 5.93. The number of pyridine rings is 1. The van der Waals surface area contributed by atoms with Crippen LogP contribution in [-0.2, 0) is 0 Å². The Hall–Kier alpha value is -3.19. The second-order valence-electron chi connectivity index (χ2n) is 6.91. The van der Waals surface area contributed by atoms with Crippen LogP contribution >= 0.6 is 0 Å². The average Bonchev–Trinajstić information content (AvgIpc) is 3.21. The fraction of sp³-hybridized carbons (Fsp3) is 0.286. The number of carbonyl (C=O) groups excluding carboxylic acids is 1. The molecule has 0 saturated heterocycles. The van der Waals surface area contributed by atoms with Crippen molar-refractivity contribution in [1.29, 1.82) is 0 Å². The van der Waals surface area contributed by atoms with Gasteiger partial charge in [-0.05, 0) is 24.3 Å². The Kier molecular flexibility index (Phi) is 5.08. The van der Waals surface area contributed by atoms with Crippen molar-refractivity contribution >= 4 is 5.91 Å². The summed E-state index contributed by atoms with van der Waals surface area (Å²) >= 11 is 0. The van der Waals surface area contributed by atoms with E-state index in [1.807, 2.05) is 36.4 Å². The minimum atomic E-state index is -0.327. The highest BCUT2D eigenvalue weighted by Gasteiger charge is 2.36. The van der Waals surface area contributed by atoms with Gasteiger partial charge < -0.3 is 19.7 Å². The van der Waals surface area contributed by atoms with Crippen LogP contribution in [0.25, 0.3) is 11.3 Å². The molecule has 28 heavy (non-hydrogen) atoms. The van der Waals surface area contributed by atoms with Gasteiger partial charge in [-0.25, -0.2) is 4.98 Å². The van der Waals surface area contributed by atoms with Crippen LogP contribution in [0.5, 0.6) is 5.88 Å². The molecule has 1 aliphatic carbocycles. The minimum absolute atomic E-state index is 0.134. The van der Waals surface area contributed by atoms with Crippen LogP contribution in [0.2, 0.25) is 0 Å². The predicted molar refractivity (Wildman–Crippen MR) is 102 cm³/mol. The Labute approximate surface area is 162 Å². The smallest absolute Gasteiger partial charge is 0.273 e. The predicted octanol–water partition coefficient (Wildman–Crippen LogP) is 2.99. The van der Waals surface area contributed by atoms with Crippen molar-refractivity contribution in [2.24, 2.45) is 5.92 Å². The molecule has 2 heterocycles. The van der Waals surface area contributed by atoms with E-state index >= 15 is 0 Å². The molecule has 4 rings (SSSR count). The number of hydrogen-bond acceptors (Lipinski definition) is 6. The highest BCUT2D eigenvalue weighted by atomic mass is 16.5. The number of methoxy groups -OCH3 is 1. The summed E-state index contributed by atoms with van der Waals surface area (Å²) < 4.78 is 10.4. The van der Waals surface area contributed by atoms with Crippen LogP contribution in [0.4, 0.5) is 0 Å². The molecule has 0 bridgehead atoms. The lowest BCUT2D eigenvalue weighted by molar-refractivity contribution is 0.0233. The molecule has 1 aromatic carbocycles. The fourth-order valence-electron chi connectivity index (χ4n) is 3.41. The zero-order valence-electron chi connectivity index (χ0n) is 15.4. The Bertz CT molecular complexity index is 934. The second-order valence-corrected chi connectivity index (χ2v) is 6.91. The maximum Gasteiger partial charge on any atom is 0.273 e. The van der Waals surface area contributed by atoms with Gasteiger partial charge in [-0.3, -0.25) is 4.79 Å². The first-order valence-electron chi connectivity index (χ1n) is 9.15. The van der Waals surface area contributed by atoms with E-state index < -0.39 is 0 Å². The van der Waals surface area contributed by atoms with Gasteiger partial charge >= 0.3 is 0 Å². The van der Waals surface area contributed by atoms with Crippen molar-refractivity contribution < 1.29 is 19.2 Å². The van der Waals surface area contributed by atoms with Gasteiger partial charge in [-0.15, -0.1) is 0 Å². The van der Waals surface area contributed by atoms with Gasteiger partial charge in [0, 0.05) is 23.9 Å². The molecule has 7 heteroatoms. The molecule has 1 atom stereocenters. The molecule has 7 nitrogen and oxygen atoms in total. The molecule has 3 aromatic rings. The molecular weight excluding hydrogens is 358 g/mol. The van der Waals surface area contributed by atoms with E-state index in [2.05, 4.69) is 15.5 Å². The number of nitrogens with one attached hydrogen (secondary N) is 1. The van der Waals surface area contributed by atoms with Gasteiger partial charge in [-0.1, -0.05) is 41.6 Å². The van der Waals surface area contributed by atoms with Crippen molar-refractivity contribution in [3.63, 3.8) is 0 Å². The lowest BCUT2D eigenvalue weighted by atomic mass is 9.75. The van der Waals surface area contributed by atoms with E-state index in [4.69, 9.17) is 9.26 Å². The number of ether oxygens (including phenoxy) is 1. The van der Waals surface area contributed by atoms with Crippen LogP contribution in [0.3, 0.4) is 0 Å².